The van der Waals surface area contributed by atoms with Gasteiger partial charge in [-0.15, -0.1) is 16.6 Å². The van der Waals surface area contributed by atoms with Gasteiger partial charge in [0.1, 0.15) is 10.6 Å². The van der Waals surface area contributed by atoms with E-state index in [1.807, 2.05) is 69.4 Å². The van der Waals surface area contributed by atoms with Crippen molar-refractivity contribution in [2.75, 3.05) is 4.90 Å². The summed E-state index contributed by atoms with van der Waals surface area (Å²) in [6, 6.07) is 60.4. The van der Waals surface area contributed by atoms with E-state index in [9.17, 15) is 4.39 Å². The summed E-state index contributed by atoms with van der Waals surface area (Å²) in [5.74, 6) is 6.19. The predicted octanol–water partition coefficient (Wildman–Crippen LogP) is 17.6. The molecule has 0 saturated carbocycles. The number of fused-ring (bicyclic) bond motifs is 6. The van der Waals surface area contributed by atoms with Crippen LogP contribution in [0.5, 0.6) is 0 Å². The van der Waals surface area contributed by atoms with Gasteiger partial charge in [0.2, 0.25) is 0 Å². The van der Waals surface area contributed by atoms with Crippen molar-refractivity contribution in [1.29, 1.82) is 0 Å². The number of hydrogen-bond donors (Lipinski definition) is 0. The van der Waals surface area contributed by atoms with Crippen LogP contribution in [-0.4, -0.2) is 23.2 Å². The molecule has 0 spiro atoms. The van der Waals surface area contributed by atoms with Crippen LogP contribution in [-0.2, 0) is 25.5 Å². The van der Waals surface area contributed by atoms with E-state index < -0.39 is 25.3 Å². The fourth-order valence-corrected chi connectivity index (χ4v) is 14.0. The van der Waals surface area contributed by atoms with Crippen LogP contribution in [0.1, 0.15) is 70.4 Å². The minimum absolute atomic E-state index is 0. The van der Waals surface area contributed by atoms with Crippen LogP contribution in [0.15, 0.2) is 164 Å². The molecule has 8 heteroatoms. The molecule has 70 heavy (non-hydrogen) atoms. The van der Waals surface area contributed by atoms with Gasteiger partial charge in [-0.3, -0.25) is 0 Å². The summed E-state index contributed by atoms with van der Waals surface area (Å²) >= 11 is -0.327. The molecule has 11 rings (SSSR count). The van der Waals surface area contributed by atoms with Gasteiger partial charge in [-0.25, -0.2) is 9.37 Å². The summed E-state index contributed by atoms with van der Waals surface area (Å²) in [5.41, 5.74) is 13.6. The molecule has 0 aliphatic carbocycles. The summed E-state index contributed by atoms with van der Waals surface area (Å²) in [7, 11) is 0. The predicted molar refractivity (Wildman–Crippen MR) is 294 cm³/mol. The Bertz CT molecular complexity index is 3500. The molecule has 0 fully saturated rings. The maximum absolute atomic E-state index is 14.5. The topological polar surface area (TPSA) is 43.1 Å². The summed E-state index contributed by atoms with van der Waals surface area (Å²) < 4.78 is 25.4. The average Bonchev–Trinajstić information content (AvgIpc) is 3.92. The van der Waals surface area contributed by atoms with Gasteiger partial charge >= 0.3 is 141 Å². The molecular weight excluding hydrogens is 1120 g/mol. The number of thiophene rings is 1. The normalized spacial score (nSPS) is 13.9. The van der Waals surface area contributed by atoms with Crippen molar-refractivity contribution in [1.82, 2.24) is 9.97 Å². The Morgan fingerprint density at radius 1 is 0.757 bits per heavy atom. The molecule has 0 saturated heterocycles. The van der Waals surface area contributed by atoms with E-state index in [-0.39, 0.29) is 31.3 Å². The molecule has 350 valence electrons. The Kier molecular flexibility index (Phi) is 13.4. The molecule has 0 N–H and O–H groups in total. The van der Waals surface area contributed by atoms with E-state index in [0.717, 1.165) is 98.5 Å². The second-order valence-corrected chi connectivity index (χ2v) is 31.8. The molecule has 1 aliphatic heterocycles. The van der Waals surface area contributed by atoms with Crippen LogP contribution in [0.25, 0.3) is 69.9 Å². The third-order valence-corrected chi connectivity index (χ3v) is 18.4. The monoisotopic (exact) mass is 1180 g/mol. The molecule has 10 aromatic rings. The fraction of sp³-hybridized carbons (Fsp3) is 0.194. The van der Waals surface area contributed by atoms with Crippen LogP contribution in [0.3, 0.4) is 0 Å². The third kappa shape index (κ3) is 9.49. The van der Waals surface area contributed by atoms with E-state index in [0.29, 0.717) is 0 Å². The third-order valence-electron chi connectivity index (χ3n) is 13.0. The molecule has 1 unspecified atom stereocenters. The van der Waals surface area contributed by atoms with Crippen molar-refractivity contribution in [2.24, 2.45) is 0 Å². The zero-order valence-electron chi connectivity index (χ0n) is 42.1. The largest absolute Gasteiger partial charge is 3.00 e. The maximum atomic E-state index is 14.5. The first kappa shape index (κ1) is 47.7. The van der Waals surface area contributed by atoms with Gasteiger partial charge in [-0.1, -0.05) is 104 Å². The molecule has 7 aromatic carbocycles. The zero-order chi connectivity index (χ0) is 49.1. The smallest absolute Gasteiger partial charge is 3.00 e. The Labute approximate surface area is 434 Å². The SMILES string of the molecule is Cc1ccc2c(n1)sc1c(C3[N-]c4c(ccc5cc(F)ccc45)N3c3c(-c4ccccc4)cc(C(C)(C)C)cc3-c3ccccc3)[c-]ccc12.[2H]C(C)(C)c1cc(-c2[c-]cccc2)nc[c]1[Ge]([CH3])([CH3])[CH3].[Ir+3]. The van der Waals surface area contributed by atoms with E-state index in [1.54, 1.807) is 17.4 Å². The first-order chi connectivity index (χ1) is 33.4. The van der Waals surface area contributed by atoms with Crippen LogP contribution < -0.4 is 9.30 Å². The number of pyridine rings is 2. The van der Waals surface area contributed by atoms with Crippen LogP contribution in [0.2, 0.25) is 17.3 Å². The van der Waals surface area contributed by atoms with Crippen molar-refractivity contribution < 1.29 is 25.9 Å². The summed E-state index contributed by atoms with van der Waals surface area (Å²) in [5, 5.41) is 9.61. The van der Waals surface area contributed by atoms with Gasteiger partial charge in [-0.2, -0.15) is 29.5 Å². The van der Waals surface area contributed by atoms with Gasteiger partial charge < -0.3 is 10.2 Å². The number of nitrogens with zero attached hydrogens (tertiary/aromatic N) is 4. The van der Waals surface area contributed by atoms with Crippen LogP contribution >= 0.6 is 11.3 Å². The van der Waals surface area contributed by atoms with E-state index >= 15 is 0 Å². The number of halogens is 1. The van der Waals surface area contributed by atoms with Gasteiger partial charge in [0.05, 0.1) is 5.69 Å². The van der Waals surface area contributed by atoms with Gasteiger partial charge in [0.15, 0.2) is 0 Å². The fourth-order valence-electron chi connectivity index (χ4n) is 9.45. The molecule has 0 amide bonds. The number of benzene rings is 7. The number of aromatic nitrogens is 2. The van der Waals surface area contributed by atoms with Crippen LogP contribution in [0, 0.1) is 24.9 Å². The molecule has 1 atom stereocenters. The van der Waals surface area contributed by atoms with Crippen molar-refractivity contribution in [3.8, 4) is 33.5 Å². The molecule has 4 nitrogen and oxygen atoms in total. The number of hydrogen-bond acceptors (Lipinski definition) is 4. The molecule has 4 heterocycles. The summed E-state index contributed by atoms with van der Waals surface area (Å²) in [6.45, 7) is 12.8. The number of aryl methyl sites for hydroxylation is 1. The summed E-state index contributed by atoms with van der Waals surface area (Å²) in [6.07, 6.45) is 1.56. The minimum Gasteiger partial charge on any atom is 3.00 e. The van der Waals surface area contributed by atoms with Crippen molar-refractivity contribution in [3.63, 3.8) is 0 Å². The van der Waals surface area contributed by atoms with Gasteiger partial charge in [0.25, 0.3) is 0 Å². The summed E-state index contributed by atoms with van der Waals surface area (Å²) in [4.78, 5) is 12.9. The van der Waals surface area contributed by atoms with Gasteiger partial charge in [-0.05, 0) is 87.8 Å². The first-order valence-corrected chi connectivity index (χ1v) is 31.8. The van der Waals surface area contributed by atoms with Crippen molar-refractivity contribution >= 4 is 77.1 Å². The zero-order valence-corrected chi connectivity index (χ0v) is 46.4. The minimum atomic E-state index is -2.03. The number of anilines is 2. The van der Waals surface area contributed by atoms with E-state index in [2.05, 4.69) is 163 Å². The van der Waals surface area contributed by atoms with Crippen molar-refractivity contribution in [2.45, 2.75) is 76.3 Å². The van der Waals surface area contributed by atoms with E-state index in [1.165, 1.54) is 16.0 Å². The molecule has 0 bridgehead atoms. The Balaban J connectivity index is 0.000000251. The first-order valence-electron chi connectivity index (χ1n) is 24.1. The Morgan fingerprint density at radius 2 is 1.43 bits per heavy atom. The van der Waals surface area contributed by atoms with Gasteiger partial charge in [0, 0.05) is 22.5 Å². The number of rotatable bonds is 7. The van der Waals surface area contributed by atoms with E-state index in [4.69, 9.17) is 11.7 Å². The molecule has 3 aromatic heterocycles. The standard InChI is InChI=1S/C45H34FN3S.C17H22GeN.Ir/c1-27-18-21-35-34-16-11-17-36(42(34)50-44(35)47-27)43-48-40-33-22-20-32(46)24-30(33)19-23-39(40)49(43)41-37(28-12-7-5-8-13-28)25-31(45(2,3)4)26-38(41)29-14-9-6-10-15-29;1-13(2)15-11-17(14-9-7-6-8-10-14)19-12-16(15)18(3,4)5;/h5-16,18-26,43H,1-4H3;6-9,11-13H,1-5H3;/q-2;-1;+3/i;13D;. The molecular formula is C62H56FGeIrN4S. The van der Waals surface area contributed by atoms with Crippen LogP contribution in [0.4, 0.5) is 21.5 Å². The quantitative estimate of drug-likeness (QED) is 0.118. The average molecular weight is 1170 g/mol. The van der Waals surface area contributed by atoms with Crippen molar-refractivity contribution in [3.05, 3.63) is 210 Å². The maximum Gasteiger partial charge on any atom is 3.00 e. The Hall–Kier alpha value is -5.96. The second kappa shape index (κ2) is 19.7. The Morgan fingerprint density at radius 3 is 2.06 bits per heavy atom. The molecule has 0 radical (unpaired) electrons. The second-order valence-electron chi connectivity index (χ2n) is 20.3. The molecule has 1 aliphatic rings.